The predicted molar refractivity (Wildman–Crippen MR) is 104 cm³/mol. The Bertz CT molecular complexity index is 862. The van der Waals surface area contributed by atoms with E-state index in [9.17, 15) is 14.9 Å². The van der Waals surface area contributed by atoms with E-state index >= 15 is 0 Å². The topological polar surface area (TPSA) is 102 Å². The van der Waals surface area contributed by atoms with Crippen LogP contribution in [-0.4, -0.2) is 25.6 Å². The van der Waals surface area contributed by atoms with Gasteiger partial charge in [0.2, 0.25) is 5.88 Å². The van der Waals surface area contributed by atoms with Gasteiger partial charge >= 0.3 is 5.97 Å². The van der Waals surface area contributed by atoms with Crippen LogP contribution in [0, 0.1) is 18.3 Å². The molecule has 2 rings (SSSR count). The van der Waals surface area contributed by atoms with Crippen molar-refractivity contribution in [3.05, 3.63) is 46.7 Å². The number of nitrogens with one attached hydrogen (secondary N) is 1. The summed E-state index contributed by atoms with van der Waals surface area (Å²) in [6.07, 6.45) is 4.49. The lowest BCUT2D eigenvalue weighted by molar-refractivity contribution is 0.0598. The molecule has 0 bridgehead atoms. The number of methoxy groups -OCH3 is 1. The monoisotopic (exact) mass is 384 g/mol. The average Bonchev–Trinajstić information content (AvgIpc) is 3.02. The van der Waals surface area contributed by atoms with Crippen LogP contribution in [0.2, 0.25) is 0 Å². The third-order valence-corrected chi connectivity index (χ3v) is 4.20. The number of aryl methyl sites for hydroxylation is 1. The van der Waals surface area contributed by atoms with Crippen molar-refractivity contribution >= 4 is 17.8 Å². The summed E-state index contributed by atoms with van der Waals surface area (Å²) in [5, 5.41) is 11.9. The second kappa shape index (κ2) is 10.2. The maximum atomic E-state index is 12.4. The Morgan fingerprint density at radius 1 is 1.18 bits per heavy atom. The summed E-state index contributed by atoms with van der Waals surface area (Å²) in [6, 6.07) is 8.56. The number of amides is 1. The summed E-state index contributed by atoms with van der Waals surface area (Å²) in [5.74, 6) is -0.352. The van der Waals surface area contributed by atoms with E-state index in [1.165, 1.54) is 26.9 Å². The molecule has 0 aliphatic heterocycles. The Morgan fingerprint density at radius 3 is 2.50 bits per heavy atom. The zero-order chi connectivity index (χ0) is 20.5. The highest BCUT2D eigenvalue weighted by molar-refractivity contribution is 6.05. The molecule has 0 saturated carbocycles. The Hall–Kier alpha value is -3.27. The molecule has 2 aromatic rings. The van der Waals surface area contributed by atoms with Gasteiger partial charge in [-0.15, -0.1) is 0 Å². The molecule has 0 atom stereocenters. The van der Waals surface area contributed by atoms with Crippen molar-refractivity contribution < 1.29 is 23.5 Å². The first-order chi connectivity index (χ1) is 13.5. The molecule has 1 heterocycles. The van der Waals surface area contributed by atoms with Crippen LogP contribution in [0.1, 0.15) is 64.6 Å². The van der Waals surface area contributed by atoms with Gasteiger partial charge in [-0.05, 0) is 37.6 Å². The molecular formula is C21H24N2O5. The largest absolute Gasteiger partial charge is 0.494 e. The second-order valence-electron chi connectivity index (χ2n) is 6.23. The van der Waals surface area contributed by atoms with Gasteiger partial charge < -0.3 is 13.9 Å². The summed E-state index contributed by atoms with van der Waals surface area (Å²) < 4.78 is 15.7. The van der Waals surface area contributed by atoms with E-state index in [2.05, 4.69) is 17.0 Å². The van der Waals surface area contributed by atoms with E-state index in [-0.39, 0.29) is 22.8 Å². The number of carbonyl (C=O) groups is 2. The van der Waals surface area contributed by atoms with Crippen molar-refractivity contribution in [2.75, 3.05) is 19.0 Å². The predicted octanol–water partition coefficient (Wildman–Crippen LogP) is 4.46. The first-order valence-corrected chi connectivity index (χ1v) is 9.17. The zero-order valence-electron chi connectivity index (χ0n) is 16.3. The molecule has 1 amide bonds. The van der Waals surface area contributed by atoms with Crippen molar-refractivity contribution in [3.63, 3.8) is 0 Å². The van der Waals surface area contributed by atoms with Gasteiger partial charge in [-0.3, -0.25) is 10.1 Å². The molecule has 1 aromatic heterocycles. The summed E-state index contributed by atoms with van der Waals surface area (Å²) in [6.45, 7) is 4.32. The Labute approximate surface area is 164 Å². The minimum absolute atomic E-state index is 0.00659. The zero-order valence-corrected chi connectivity index (χ0v) is 16.3. The number of benzene rings is 1. The van der Waals surface area contributed by atoms with Crippen molar-refractivity contribution in [1.82, 2.24) is 0 Å². The molecule has 0 unspecified atom stereocenters. The van der Waals surface area contributed by atoms with Gasteiger partial charge in [-0.1, -0.05) is 26.2 Å². The smallest absolute Gasteiger partial charge is 0.342 e. The quantitative estimate of drug-likeness (QED) is 0.506. The van der Waals surface area contributed by atoms with Crippen LogP contribution >= 0.6 is 0 Å². The lowest BCUT2D eigenvalue weighted by atomic mass is 10.1. The maximum absolute atomic E-state index is 12.4. The van der Waals surface area contributed by atoms with E-state index in [1.54, 1.807) is 24.3 Å². The third-order valence-electron chi connectivity index (χ3n) is 4.20. The van der Waals surface area contributed by atoms with E-state index in [4.69, 9.17) is 9.15 Å². The number of anilines is 1. The van der Waals surface area contributed by atoms with Crippen molar-refractivity contribution in [1.29, 1.82) is 5.26 Å². The van der Waals surface area contributed by atoms with Crippen molar-refractivity contribution in [2.45, 2.75) is 39.5 Å². The highest BCUT2D eigenvalue weighted by atomic mass is 16.5. The molecule has 0 aliphatic rings. The third kappa shape index (κ3) is 5.13. The number of nitriles is 1. The van der Waals surface area contributed by atoms with Crippen molar-refractivity contribution in [3.8, 4) is 11.8 Å². The number of nitrogens with zero attached hydrogens (tertiary/aromatic N) is 1. The van der Waals surface area contributed by atoms with Gasteiger partial charge in [0, 0.05) is 5.56 Å². The number of ether oxygens (including phenoxy) is 2. The van der Waals surface area contributed by atoms with Gasteiger partial charge in [0.25, 0.3) is 5.91 Å². The fraction of sp³-hybridized carbons (Fsp3) is 0.381. The number of carbonyl (C=O) groups excluding carboxylic acids is 2. The molecule has 1 N–H and O–H groups in total. The Kier molecular flexibility index (Phi) is 7.64. The number of unbranched alkanes of at least 4 members (excludes halogenated alkanes) is 3. The van der Waals surface area contributed by atoms with Crippen LogP contribution in [-0.2, 0) is 4.74 Å². The SMILES string of the molecule is CCCCCCOc1ccc(C(=O)Nc2oc(C)c(C(=O)OC)c2C#N)cc1. The highest BCUT2D eigenvalue weighted by Crippen LogP contribution is 2.27. The molecule has 148 valence electrons. The van der Waals surface area contributed by atoms with E-state index in [0.29, 0.717) is 17.9 Å². The van der Waals surface area contributed by atoms with Crippen LogP contribution in [0.5, 0.6) is 5.75 Å². The van der Waals surface area contributed by atoms with E-state index in [1.807, 2.05) is 6.07 Å². The maximum Gasteiger partial charge on any atom is 0.342 e. The molecule has 0 spiro atoms. The fourth-order valence-electron chi connectivity index (χ4n) is 2.68. The fourth-order valence-corrected chi connectivity index (χ4v) is 2.68. The second-order valence-corrected chi connectivity index (χ2v) is 6.23. The standard InChI is InChI=1S/C21H24N2O5/c1-4-5-6-7-12-27-16-10-8-15(9-11-16)19(24)23-20-17(13-22)18(14(2)28-20)21(25)26-3/h8-11H,4-7,12H2,1-3H3,(H,23,24). The number of rotatable bonds is 9. The number of esters is 1. The molecule has 28 heavy (non-hydrogen) atoms. The van der Waals surface area contributed by atoms with Crippen molar-refractivity contribution in [2.24, 2.45) is 0 Å². The summed E-state index contributed by atoms with van der Waals surface area (Å²) in [4.78, 5) is 24.3. The van der Waals surface area contributed by atoms with E-state index in [0.717, 1.165) is 12.8 Å². The molecule has 0 saturated heterocycles. The van der Waals surface area contributed by atoms with Gasteiger partial charge in [-0.25, -0.2) is 4.79 Å². The molecule has 7 heteroatoms. The molecular weight excluding hydrogens is 360 g/mol. The molecule has 1 aromatic carbocycles. The van der Waals surface area contributed by atoms with Crippen LogP contribution < -0.4 is 10.1 Å². The van der Waals surface area contributed by atoms with Gasteiger partial charge in [0.05, 0.1) is 13.7 Å². The first-order valence-electron chi connectivity index (χ1n) is 9.17. The Balaban J connectivity index is 2.04. The minimum atomic E-state index is -0.696. The number of hydrogen-bond donors (Lipinski definition) is 1. The molecule has 7 nitrogen and oxygen atoms in total. The summed E-state index contributed by atoms with van der Waals surface area (Å²) in [7, 11) is 1.21. The first kappa shape index (κ1) is 21.0. The van der Waals surface area contributed by atoms with E-state index < -0.39 is 11.9 Å². The lowest BCUT2D eigenvalue weighted by Crippen LogP contribution is -2.12. The normalized spacial score (nSPS) is 10.2. The average molecular weight is 384 g/mol. The highest BCUT2D eigenvalue weighted by Gasteiger charge is 2.25. The Morgan fingerprint density at radius 2 is 1.89 bits per heavy atom. The molecule has 0 aliphatic carbocycles. The summed E-state index contributed by atoms with van der Waals surface area (Å²) >= 11 is 0. The van der Waals surface area contributed by atoms with Crippen LogP contribution in [0.15, 0.2) is 28.7 Å². The molecule has 0 fully saturated rings. The molecule has 0 radical (unpaired) electrons. The van der Waals surface area contributed by atoms with Gasteiger partial charge in [0.1, 0.15) is 28.7 Å². The minimum Gasteiger partial charge on any atom is -0.494 e. The number of hydrogen-bond acceptors (Lipinski definition) is 6. The van der Waals surface area contributed by atoms with Crippen LogP contribution in [0.4, 0.5) is 5.88 Å². The number of furan rings is 1. The van der Waals surface area contributed by atoms with Crippen LogP contribution in [0.3, 0.4) is 0 Å². The van der Waals surface area contributed by atoms with Crippen LogP contribution in [0.25, 0.3) is 0 Å². The lowest BCUT2D eigenvalue weighted by Gasteiger charge is -2.07. The summed E-state index contributed by atoms with van der Waals surface area (Å²) in [5.41, 5.74) is 0.313. The van der Waals surface area contributed by atoms with Gasteiger partial charge in [0.15, 0.2) is 0 Å². The van der Waals surface area contributed by atoms with Gasteiger partial charge in [-0.2, -0.15) is 5.26 Å².